The molecule has 0 bridgehead atoms. The fraction of sp³-hybridized carbons (Fsp3) is 0.348. The smallest absolute Gasteiger partial charge is 0.182 e. The lowest BCUT2D eigenvalue weighted by Gasteiger charge is -2.33. The third-order valence-corrected chi connectivity index (χ3v) is 5.91. The highest BCUT2D eigenvalue weighted by Crippen LogP contribution is 2.40. The number of hydrogen-bond donors (Lipinski definition) is 1. The number of ether oxygens (including phenoxy) is 1. The average Bonchev–Trinajstić information content (AvgIpc) is 3.29. The molecule has 0 radical (unpaired) electrons. The van der Waals surface area contributed by atoms with Gasteiger partial charge in [-0.15, -0.1) is 0 Å². The molecule has 0 aliphatic carbocycles. The topological polar surface area (TPSA) is 89.5 Å². The van der Waals surface area contributed by atoms with E-state index in [0.29, 0.717) is 41.2 Å². The van der Waals surface area contributed by atoms with Crippen LogP contribution in [0.2, 0.25) is 0 Å². The van der Waals surface area contributed by atoms with Gasteiger partial charge in [-0.05, 0) is 45.7 Å². The van der Waals surface area contributed by atoms with Crippen LogP contribution in [-0.4, -0.2) is 36.2 Å². The third kappa shape index (κ3) is 3.73. The number of hydrogen-bond acceptors (Lipinski definition) is 6. The molecule has 0 unspecified atom stereocenters. The molecular weight excluding hydrogens is 414 g/mol. The van der Waals surface area contributed by atoms with E-state index >= 15 is 0 Å². The molecule has 32 heavy (non-hydrogen) atoms. The fourth-order valence-electron chi connectivity index (χ4n) is 4.19. The molecule has 1 aliphatic rings. The number of aryl methyl sites for hydroxylation is 2. The quantitative estimate of drug-likeness (QED) is 0.499. The van der Waals surface area contributed by atoms with Gasteiger partial charge in [0, 0.05) is 29.3 Å². The van der Waals surface area contributed by atoms with Crippen LogP contribution in [0.25, 0.3) is 22.4 Å². The molecule has 1 aromatic carbocycles. The zero-order valence-corrected chi connectivity index (χ0v) is 17.9. The lowest BCUT2D eigenvalue weighted by Crippen LogP contribution is -2.26. The maximum Gasteiger partial charge on any atom is 0.182 e. The Hall–Kier alpha value is -3.33. The number of rotatable bonds is 3. The van der Waals surface area contributed by atoms with Crippen LogP contribution in [0.4, 0.5) is 8.78 Å². The van der Waals surface area contributed by atoms with E-state index in [1.165, 1.54) is 12.1 Å². The molecule has 5 rings (SSSR count). The van der Waals surface area contributed by atoms with Gasteiger partial charge in [-0.2, -0.15) is 5.10 Å². The molecule has 1 N–H and O–H groups in total. The zero-order valence-electron chi connectivity index (χ0n) is 17.9. The second kappa shape index (κ2) is 7.98. The zero-order chi connectivity index (χ0) is 22.4. The van der Waals surface area contributed by atoms with Crippen molar-refractivity contribution in [1.29, 1.82) is 0 Å². The number of aromatic nitrogens is 6. The summed E-state index contributed by atoms with van der Waals surface area (Å²) >= 11 is 0. The first-order valence-electron chi connectivity index (χ1n) is 10.5. The minimum absolute atomic E-state index is 0.0233. The molecule has 1 aliphatic heterocycles. The lowest BCUT2D eigenvalue weighted by atomic mass is 9.89. The number of H-pyrrole nitrogens is 1. The average molecular weight is 436 g/mol. The summed E-state index contributed by atoms with van der Waals surface area (Å²) in [6.45, 7) is 5.69. The molecule has 0 spiro atoms. The van der Waals surface area contributed by atoms with Gasteiger partial charge in [-0.3, -0.25) is 5.10 Å². The van der Waals surface area contributed by atoms with Crippen LogP contribution in [0.15, 0.2) is 30.6 Å². The SMILES string of the molecule is Cc1nc2nc([C@H]3C[C@@H](c4cn[nH]c4)O[C@@H](C)C3)nc(-c3ccc(F)cc3F)c2nc1C. The first-order valence-corrected chi connectivity index (χ1v) is 10.5. The Bertz CT molecular complexity index is 1290. The minimum atomic E-state index is -0.701. The van der Waals surface area contributed by atoms with Gasteiger partial charge in [0.2, 0.25) is 0 Å². The van der Waals surface area contributed by atoms with Crippen LogP contribution in [-0.2, 0) is 4.74 Å². The predicted molar refractivity (Wildman–Crippen MR) is 114 cm³/mol. The normalized spacial score (nSPS) is 21.2. The van der Waals surface area contributed by atoms with Crippen LogP contribution in [0.1, 0.15) is 54.6 Å². The van der Waals surface area contributed by atoms with Crippen molar-refractivity contribution >= 4 is 11.2 Å². The van der Waals surface area contributed by atoms with E-state index in [0.717, 1.165) is 17.3 Å². The van der Waals surface area contributed by atoms with Crippen molar-refractivity contribution in [3.63, 3.8) is 0 Å². The van der Waals surface area contributed by atoms with Gasteiger partial charge in [-0.25, -0.2) is 28.7 Å². The predicted octanol–water partition coefficient (Wildman–Crippen LogP) is 4.73. The second-order valence-corrected chi connectivity index (χ2v) is 8.26. The summed E-state index contributed by atoms with van der Waals surface area (Å²) in [7, 11) is 0. The van der Waals surface area contributed by atoms with E-state index < -0.39 is 11.6 Å². The van der Waals surface area contributed by atoms with E-state index in [-0.39, 0.29) is 23.7 Å². The third-order valence-electron chi connectivity index (χ3n) is 5.91. The molecule has 1 saturated heterocycles. The second-order valence-electron chi connectivity index (χ2n) is 8.26. The lowest BCUT2D eigenvalue weighted by molar-refractivity contribution is -0.0511. The number of aromatic amines is 1. The maximum absolute atomic E-state index is 14.7. The Morgan fingerprint density at radius 2 is 1.84 bits per heavy atom. The van der Waals surface area contributed by atoms with Crippen molar-refractivity contribution in [3.05, 3.63) is 65.0 Å². The molecule has 4 aromatic rings. The van der Waals surface area contributed by atoms with Gasteiger partial charge >= 0.3 is 0 Å². The van der Waals surface area contributed by atoms with Crippen molar-refractivity contribution in [2.75, 3.05) is 0 Å². The van der Waals surface area contributed by atoms with Gasteiger partial charge in [0.1, 0.15) is 28.7 Å². The van der Waals surface area contributed by atoms with Crippen LogP contribution in [0.5, 0.6) is 0 Å². The van der Waals surface area contributed by atoms with Gasteiger partial charge in [0.25, 0.3) is 0 Å². The standard InChI is InChI=1S/C23H22F2N6O/c1-11-6-14(7-19(32-11)15-9-26-27-10-15)22-30-20(17-5-4-16(24)8-18(17)25)21-23(31-22)29-13(3)12(2)28-21/h4-5,8-11,14,19H,6-7H2,1-3H3,(H,26,27)/t11-,14+,19-/m0/s1. The fourth-order valence-corrected chi connectivity index (χ4v) is 4.19. The summed E-state index contributed by atoms with van der Waals surface area (Å²) in [4.78, 5) is 18.7. The highest BCUT2D eigenvalue weighted by molar-refractivity contribution is 5.87. The summed E-state index contributed by atoms with van der Waals surface area (Å²) in [6, 6.07) is 3.45. The van der Waals surface area contributed by atoms with Gasteiger partial charge in [0.05, 0.1) is 29.8 Å². The molecule has 9 heteroatoms. The van der Waals surface area contributed by atoms with Gasteiger partial charge in [0.15, 0.2) is 5.65 Å². The number of halogens is 2. The van der Waals surface area contributed by atoms with Crippen LogP contribution < -0.4 is 0 Å². The molecule has 4 heterocycles. The summed E-state index contributed by atoms with van der Waals surface area (Å²) in [5, 5.41) is 6.84. The van der Waals surface area contributed by atoms with Crippen LogP contribution in [0, 0.1) is 25.5 Å². The monoisotopic (exact) mass is 436 g/mol. The van der Waals surface area contributed by atoms with Crippen LogP contribution in [0.3, 0.4) is 0 Å². The molecule has 3 atom stereocenters. The molecule has 1 fully saturated rings. The molecule has 7 nitrogen and oxygen atoms in total. The van der Waals surface area contributed by atoms with Gasteiger partial charge in [-0.1, -0.05) is 0 Å². The Morgan fingerprint density at radius 1 is 1.03 bits per heavy atom. The van der Waals surface area contributed by atoms with Crippen molar-refractivity contribution in [2.45, 2.75) is 51.7 Å². The molecule has 0 saturated carbocycles. The number of benzene rings is 1. The Kier molecular flexibility index (Phi) is 5.13. The molecule has 0 amide bonds. The first-order chi connectivity index (χ1) is 15.4. The molecular formula is C23H22F2N6O. The Labute approximate surface area is 183 Å². The maximum atomic E-state index is 14.7. The summed E-state index contributed by atoms with van der Waals surface area (Å²) in [5.41, 5.74) is 3.69. The highest BCUT2D eigenvalue weighted by atomic mass is 19.1. The molecule has 3 aromatic heterocycles. The van der Waals surface area contributed by atoms with E-state index in [2.05, 4.69) is 20.2 Å². The number of nitrogens with zero attached hydrogens (tertiary/aromatic N) is 5. The van der Waals surface area contributed by atoms with Crippen molar-refractivity contribution in [1.82, 2.24) is 30.1 Å². The Morgan fingerprint density at radius 3 is 2.59 bits per heavy atom. The van der Waals surface area contributed by atoms with Gasteiger partial charge < -0.3 is 4.74 Å². The summed E-state index contributed by atoms with van der Waals surface area (Å²) < 4.78 is 34.4. The minimum Gasteiger partial charge on any atom is -0.370 e. The highest BCUT2D eigenvalue weighted by Gasteiger charge is 2.32. The number of nitrogens with one attached hydrogen (secondary N) is 1. The van der Waals surface area contributed by atoms with Crippen molar-refractivity contribution < 1.29 is 13.5 Å². The molecule has 164 valence electrons. The van der Waals surface area contributed by atoms with E-state index in [4.69, 9.17) is 14.7 Å². The van der Waals surface area contributed by atoms with E-state index in [1.807, 2.05) is 27.0 Å². The van der Waals surface area contributed by atoms with Crippen LogP contribution >= 0.6 is 0 Å². The first kappa shape index (κ1) is 20.6. The summed E-state index contributed by atoms with van der Waals surface area (Å²) in [6.07, 6.45) is 4.75. The van der Waals surface area contributed by atoms with Crippen molar-refractivity contribution in [3.8, 4) is 11.3 Å². The van der Waals surface area contributed by atoms with E-state index in [9.17, 15) is 8.78 Å². The van der Waals surface area contributed by atoms with Crippen molar-refractivity contribution in [2.24, 2.45) is 0 Å². The Balaban J connectivity index is 1.66. The summed E-state index contributed by atoms with van der Waals surface area (Å²) in [5.74, 6) is -0.831. The largest absolute Gasteiger partial charge is 0.370 e. The van der Waals surface area contributed by atoms with E-state index in [1.54, 1.807) is 6.20 Å². The number of fused-ring (bicyclic) bond motifs is 1.